The third-order valence-electron chi connectivity index (χ3n) is 4.30. The Bertz CT molecular complexity index is 511. The number of carbonyl (C=O) groups excluding carboxylic acids is 1. The van der Waals surface area contributed by atoms with Crippen LogP contribution in [0.3, 0.4) is 0 Å². The quantitative estimate of drug-likeness (QED) is 0.777. The molecule has 0 spiro atoms. The van der Waals surface area contributed by atoms with E-state index in [-0.39, 0.29) is 5.91 Å². The summed E-state index contributed by atoms with van der Waals surface area (Å²) in [7, 11) is 2.12. The first-order chi connectivity index (χ1) is 9.54. The van der Waals surface area contributed by atoms with E-state index in [9.17, 15) is 4.79 Å². The number of ether oxygens (including phenoxy) is 1. The molecule has 20 heavy (non-hydrogen) atoms. The molecule has 0 unspecified atom stereocenters. The van der Waals surface area contributed by atoms with Crippen LogP contribution in [0.1, 0.15) is 21.9 Å². The molecule has 1 amide bonds. The lowest BCUT2D eigenvalue weighted by Crippen LogP contribution is -2.44. The Hall–Kier alpha value is -1.33. The molecule has 2 saturated heterocycles. The van der Waals surface area contributed by atoms with Crippen LogP contribution in [-0.4, -0.2) is 61.6 Å². The molecule has 2 fully saturated rings. The highest BCUT2D eigenvalue weighted by Crippen LogP contribution is 2.22. The lowest BCUT2D eigenvalue weighted by Gasteiger charge is -2.29. The maximum Gasteiger partial charge on any atom is 0.257 e. The van der Waals surface area contributed by atoms with Crippen molar-refractivity contribution in [3.05, 3.63) is 23.2 Å². The number of hydrogen-bond donors (Lipinski definition) is 0. The van der Waals surface area contributed by atoms with Gasteiger partial charge in [-0.15, -0.1) is 0 Å². The third-order valence-corrected chi connectivity index (χ3v) is 4.30. The maximum absolute atomic E-state index is 12.7. The van der Waals surface area contributed by atoms with Crippen molar-refractivity contribution in [2.75, 3.05) is 39.9 Å². The van der Waals surface area contributed by atoms with E-state index in [1.165, 1.54) is 0 Å². The fraction of sp³-hybridized carbons (Fsp3) is 0.667. The first kappa shape index (κ1) is 13.6. The molecule has 0 N–H and O–H groups in total. The molecule has 2 atom stereocenters. The topological polar surface area (TPSA) is 45.9 Å². The van der Waals surface area contributed by atoms with Crippen LogP contribution in [0.15, 0.2) is 10.5 Å². The van der Waals surface area contributed by atoms with Crippen LogP contribution in [0.5, 0.6) is 0 Å². The van der Waals surface area contributed by atoms with Gasteiger partial charge in [0, 0.05) is 25.6 Å². The number of aryl methyl sites for hydroxylation is 2. The van der Waals surface area contributed by atoms with E-state index in [1.54, 1.807) is 0 Å². The SMILES string of the molecule is Cc1cc(C(=O)N2C[C@@H]3COC[C@H](C2)N(C)C3)c(C)o1. The number of carbonyl (C=O) groups is 1. The van der Waals surface area contributed by atoms with Crippen molar-refractivity contribution in [3.63, 3.8) is 0 Å². The van der Waals surface area contributed by atoms with Crippen LogP contribution < -0.4 is 0 Å². The highest BCUT2D eigenvalue weighted by Gasteiger charge is 2.34. The average molecular weight is 278 g/mol. The van der Waals surface area contributed by atoms with Crippen LogP contribution in [-0.2, 0) is 4.74 Å². The minimum Gasteiger partial charge on any atom is -0.466 e. The molecule has 2 bridgehead atoms. The number of likely N-dealkylation sites (N-methyl/N-ethyl adjacent to an activating group) is 1. The number of amides is 1. The van der Waals surface area contributed by atoms with Gasteiger partial charge in [-0.25, -0.2) is 0 Å². The van der Waals surface area contributed by atoms with Gasteiger partial charge in [-0.3, -0.25) is 9.69 Å². The molecule has 0 aliphatic carbocycles. The second-order valence-corrected chi connectivity index (χ2v) is 6.03. The predicted octanol–water partition coefficient (Wildman–Crippen LogP) is 1.30. The monoisotopic (exact) mass is 278 g/mol. The number of nitrogens with zero attached hydrogens (tertiary/aromatic N) is 2. The van der Waals surface area contributed by atoms with Crippen LogP contribution in [0, 0.1) is 19.8 Å². The van der Waals surface area contributed by atoms with E-state index in [0.29, 0.717) is 29.9 Å². The van der Waals surface area contributed by atoms with E-state index < -0.39 is 0 Å². The van der Waals surface area contributed by atoms with Gasteiger partial charge < -0.3 is 14.1 Å². The van der Waals surface area contributed by atoms with Crippen molar-refractivity contribution < 1.29 is 13.9 Å². The summed E-state index contributed by atoms with van der Waals surface area (Å²) in [6.07, 6.45) is 0. The van der Waals surface area contributed by atoms with Gasteiger partial charge in [0.2, 0.25) is 0 Å². The number of hydrogen-bond acceptors (Lipinski definition) is 4. The summed E-state index contributed by atoms with van der Waals surface area (Å²) in [5.41, 5.74) is 0.700. The summed E-state index contributed by atoms with van der Waals surface area (Å²) in [5, 5.41) is 0. The fourth-order valence-corrected chi connectivity index (χ4v) is 3.23. The molecule has 0 aromatic carbocycles. The highest BCUT2D eigenvalue weighted by atomic mass is 16.5. The zero-order valence-electron chi connectivity index (χ0n) is 12.4. The van der Waals surface area contributed by atoms with Gasteiger partial charge in [0.05, 0.1) is 24.8 Å². The second-order valence-electron chi connectivity index (χ2n) is 6.03. The van der Waals surface area contributed by atoms with Crippen molar-refractivity contribution in [3.8, 4) is 0 Å². The van der Waals surface area contributed by atoms with E-state index in [2.05, 4.69) is 11.9 Å². The summed E-state index contributed by atoms with van der Waals surface area (Å²) in [4.78, 5) is 17.0. The summed E-state index contributed by atoms with van der Waals surface area (Å²) in [6, 6.07) is 2.14. The summed E-state index contributed by atoms with van der Waals surface area (Å²) < 4.78 is 11.2. The smallest absolute Gasteiger partial charge is 0.257 e. The first-order valence-electron chi connectivity index (χ1n) is 7.19. The van der Waals surface area contributed by atoms with Crippen molar-refractivity contribution in [2.45, 2.75) is 19.9 Å². The van der Waals surface area contributed by atoms with Gasteiger partial charge in [0.25, 0.3) is 5.91 Å². The van der Waals surface area contributed by atoms with Gasteiger partial charge in [0.1, 0.15) is 11.5 Å². The predicted molar refractivity (Wildman–Crippen MR) is 74.8 cm³/mol. The van der Waals surface area contributed by atoms with Crippen LogP contribution in [0.2, 0.25) is 0 Å². The number of fused-ring (bicyclic) bond motifs is 3. The first-order valence-corrected chi connectivity index (χ1v) is 7.19. The lowest BCUT2D eigenvalue weighted by molar-refractivity contribution is 0.0433. The fourth-order valence-electron chi connectivity index (χ4n) is 3.23. The van der Waals surface area contributed by atoms with E-state index >= 15 is 0 Å². The van der Waals surface area contributed by atoms with Gasteiger partial charge >= 0.3 is 0 Å². The minimum atomic E-state index is 0.0894. The van der Waals surface area contributed by atoms with Crippen molar-refractivity contribution in [2.24, 2.45) is 5.92 Å². The number of furan rings is 1. The molecule has 2 aliphatic heterocycles. The van der Waals surface area contributed by atoms with Crippen LogP contribution >= 0.6 is 0 Å². The van der Waals surface area contributed by atoms with Crippen LogP contribution in [0.4, 0.5) is 0 Å². The molecular formula is C15H22N2O3. The Morgan fingerprint density at radius 3 is 2.75 bits per heavy atom. The molecular weight excluding hydrogens is 256 g/mol. The van der Waals surface area contributed by atoms with E-state index in [1.807, 2.05) is 24.8 Å². The molecule has 2 aliphatic rings. The lowest BCUT2D eigenvalue weighted by atomic mass is 10.1. The Balaban J connectivity index is 1.83. The number of rotatable bonds is 1. The molecule has 5 heteroatoms. The largest absolute Gasteiger partial charge is 0.466 e. The molecule has 5 nitrogen and oxygen atoms in total. The molecule has 0 saturated carbocycles. The molecule has 3 heterocycles. The normalized spacial score (nSPS) is 27.4. The summed E-state index contributed by atoms with van der Waals surface area (Å²) in [6.45, 7) is 7.68. The average Bonchev–Trinajstić information content (AvgIpc) is 2.53. The zero-order chi connectivity index (χ0) is 14.3. The van der Waals surface area contributed by atoms with E-state index in [4.69, 9.17) is 9.15 Å². The molecule has 0 radical (unpaired) electrons. The molecule has 110 valence electrons. The van der Waals surface area contributed by atoms with Crippen LogP contribution in [0.25, 0.3) is 0 Å². The molecule has 3 rings (SSSR count). The third kappa shape index (κ3) is 2.47. The van der Waals surface area contributed by atoms with Gasteiger partial charge in [-0.1, -0.05) is 0 Å². The van der Waals surface area contributed by atoms with Gasteiger partial charge in [-0.2, -0.15) is 0 Å². The minimum absolute atomic E-state index is 0.0894. The molecule has 1 aromatic rings. The maximum atomic E-state index is 12.7. The Morgan fingerprint density at radius 1 is 1.25 bits per heavy atom. The second kappa shape index (κ2) is 5.22. The Labute approximate surface area is 119 Å². The zero-order valence-corrected chi connectivity index (χ0v) is 12.4. The van der Waals surface area contributed by atoms with Crippen molar-refractivity contribution in [1.29, 1.82) is 0 Å². The standard InChI is InChI=1S/C15H22N2O3/c1-10-4-14(11(2)20-10)15(18)17-6-12-5-16(3)13(7-17)9-19-8-12/h4,12-13H,5-9H2,1-3H3/t12-,13+/m1/s1. The summed E-state index contributed by atoms with van der Waals surface area (Å²) in [5.74, 6) is 1.99. The van der Waals surface area contributed by atoms with Crippen molar-refractivity contribution >= 4 is 5.91 Å². The van der Waals surface area contributed by atoms with E-state index in [0.717, 1.165) is 32.0 Å². The van der Waals surface area contributed by atoms with Gasteiger partial charge in [-0.05, 0) is 27.0 Å². The van der Waals surface area contributed by atoms with Crippen molar-refractivity contribution in [1.82, 2.24) is 9.80 Å². The highest BCUT2D eigenvalue weighted by molar-refractivity contribution is 5.95. The Morgan fingerprint density at radius 2 is 2.05 bits per heavy atom. The summed E-state index contributed by atoms with van der Waals surface area (Å²) >= 11 is 0. The molecule has 1 aromatic heterocycles. The Kier molecular flexibility index (Phi) is 3.56. The van der Waals surface area contributed by atoms with Gasteiger partial charge in [0.15, 0.2) is 0 Å².